The Bertz CT molecular complexity index is 455. The van der Waals surface area contributed by atoms with Gasteiger partial charge in [-0.1, -0.05) is 6.92 Å². The van der Waals surface area contributed by atoms with E-state index in [1.165, 1.54) is 0 Å². The first-order valence-corrected chi connectivity index (χ1v) is 6.00. The number of nitrogens with one attached hydrogen (secondary N) is 1. The number of hydrogen-bond donors (Lipinski definition) is 2. The van der Waals surface area contributed by atoms with Crippen LogP contribution in [-0.2, 0) is 4.79 Å². The first-order chi connectivity index (χ1) is 8.38. The maximum atomic E-state index is 10.8. The van der Waals surface area contributed by atoms with Crippen LogP contribution < -0.4 is 10.1 Å². The molecule has 0 aliphatic carbocycles. The van der Waals surface area contributed by atoms with Gasteiger partial charge in [0, 0.05) is 12.2 Å². The van der Waals surface area contributed by atoms with Crippen LogP contribution in [0, 0.1) is 26.7 Å². The standard InChI is InChI=1S/C14H21NO3/c1-8-6-12(15-7-9(2)14(16)17)10(3)11(4)13(8)18-5/h6,9,15H,7H2,1-5H3,(H,16,17). The van der Waals surface area contributed by atoms with Crippen LogP contribution in [0.2, 0.25) is 0 Å². The third-order valence-electron chi connectivity index (χ3n) is 3.25. The molecule has 0 fully saturated rings. The number of carboxylic acids is 1. The van der Waals surface area contributed by atoms with Crippen molar-refractivity contribution in [3.8, 4) is 5.75 Å². The van der Waals surface area contributed by atoms with E-state index >= 15 is 0 Å². The normalized spacial score (nSPS) is 12.1. The van der Waals surface area contributed by atoms with Crippen LogP contribution in [-0.4, -0.2) is 24.7 Å². The molecule has 0 aliphatic heterocycles. The van der Waals surface area contributed by atoms with Gasteiger partial charge in [0.15, 0.2) is 0 Å². The molecule has 4 nitrogen and oxygen atoms in total. The van der Waals surface area contributed by atoms with Gasteiger partial charge in [-0.15, -0.1) is 0 Å². The van der Waals surface area contributed by atoms with Gasteiger partial charge in [-0.05, 0) is 43.5 Å². The van der Waals surface area contributed by atoms with Crippen molar-refractivity contribution in [2.75, 3.05) is 19.0 Å². The third kappa shape index (κ3) is 2.94. The van der Waals surface area contributed by atoms with Crippen molar-refractivity contribution in [2.45, 2.75) is 27.7 Å². The van der Waals surface area contributed by atoms with Crippen molar-refractivity contribution in [3.63, 3.8) is 0 Å². The van der Waals surface area contributed by atoms with Gasteiger partial charge in [-0.2, -0.15) is 0 Å². The zero-order valence-corrected chi connectivity index (χ0v) is 11.6. The summed E-state index contributed by atoms with van der Waals surface area (Å²) in [5.74, 6) is -0.307. The molecule has 1 unspecified atom stereocenters. The highest BCUT2D eigenvalue weighted by Gasteiger charge is 2.13. The molecule has 0 spiro atoms. The van der Waals surface area contributed by atoms with Crippen LogP contribution in [0.5, 0.6) is 5.75 Å². The predicted molar refractivity (Wildman–Crippen MR) is 72.5 cm³/mol. The molecule has 1 atom stereocenters. The number of rotatable bonds is 5. The van der Waals surface area contributed by atoms with Crippen molar-refractivity contribution in [1.29, 1.82) is 0 Å². The zero-order chi connectivity index (χ0) is 13.9. The third-order valence-corrected chi connectivity index (χ3v) is 3.25. The van der Waals surface area contributed by atoms with Crippen LogP contribution in [0.3, 0.4) is 0 Å². The number of aliphatic carboxylic acids is 1. The second kappa shape index (κ2) is 5.76. The van der Waals surface area contributed by atoms with E-state index in [1.54, 1.807) is 14.0 Å². The lowest BCUT2D eigenvalue weighted by molar-refractivity contribution is -0.140. The molecular weight excluding hydrogens is 230 g/mol. The number of aryl methyl sites for hydroxylation is 1. The van der Waals surface area contributed by atoms with Crippen LogP contribution in [0.1, 0.15) is 23.6 Å². The molecule has 0 bridgehead atoms. The molecule has 0 amide bonds. The van der Waals surface area contributed by atoms with Gasteiger partial charge in [-0.3, -0.25) is 4.79 Å². The van der Waals surface area contributed by atoms with Gasteiger partial charge in [0.05, 0.1) is 13.0 Å². The minimum absolute atomic E-state index is 0.410. The van der Waals surface area contributed by atoms with Gasteiger partial charge in [-0.25, -0.2) is 0 Å². The Balaban J connectivity index is 2.94. The number of hydrogen-bond acceptors (Lipinski definition) is 3. The second-order valence-electron chi connectivity index (χ2n) is 4.64. The largest absolute Gasteiger partial charge is 0.496 e. The van der Waals surface area contributed by atoms with Crippen LogP contribution in [0.15, 0.2) is 6.07 Å². The zero-order valence-electron chi connectivity index (χ0n) is 11.6. The molecular formula is C14H21NO3. The lowest BCUT2D eigenvalue weighted by atomic mass is 10.0. The summed E-state index contributed by atoms with van der Waals surface area (Å²) < 4.78 is 5.35. The molecule has 1 aromatic rings. The Kier molecular flexibility index (Phi) is 4.59. The fraction of sp³-hybridized carbons (Fsp3) is 0.500. The van der Waals surface area contributed by atoms with Crippen molar-refractivity contribution in [1.82, 2.24) is 0 Å². The van der Waals surface area contributed by atoms with E-state index in [0.717, 1.165) is 28.1 Å². The number of methoxy groups -OCH3 is 1. The van der Waals surface area contributed by atoms with Crippen molar-refractivity contribution in [2.24, 2.45) is 5.92 Å². The van der Waals surface area contributed by atoms with E-state index < -0.39 is 11.9 Å². The summed E-state index contributed by atoms with van der Waals surface area (Å²) in [7, 11) is 1.66. The van der Waals surface area contributed by atoms with Crippen LogP contribution in [0.4, 0.5) is 5.69 Å². The minimum Gasteiger partial charge on any atom is -0.496 e. The second-order valence-corrected chi connectivity index (χ2v) is 4.64. The van der Waals surface area contributed by atoms with Gasteiger partial charge >= 0.3 is 5.97 Å². The van der Waals surface area contributed by atoms with E-state index in [1.807, 2.05) is 26.8 Å². The van der Waals surface area contributed by atoms with Crippen LogP contribution in [0.25, 0.3) is 0 Å². The smallest absolute Gasteiger partial charge is 0.308 e. The average Bonchev–Trinajstić information content (AvgIpc) is 2.32. The monoisotopic (exact) mass is 251 g/mol. The number of anilines is 1. The number of carboxylic acid groups (broad SMARTS) is 1. The summed E-state index contributed by atoms with van der Waals surface area (Å²) in [6.45, 7) is 8.10. The average molecular weight is 251 g/mol. The highest BCUT2D eigenvalue weighted by atomic mass is 16.5. The first kappa shape index (κ1) is 14.4. The molecule has 0 saturated carbocycles. The lowest BCUT2D eigenvalue weighted by Crippen LogP contribution is -2.20. The molecule has 0 aromatic heterocycles. The SMILES string of the molecule is COc1c(C)cc(NCC(C)C(=O)O)c(C)c1C. The molecule has 1 aromatic carbocycles. The Morgan fingerprint density at radius 3 is 2.50 bits per heavy atom. The molecule has 4 heteroatoms. The Hall–Kier alpha value is -1.71. The Morgan fingerprint density at radius 2 is 2.00 bits per heavy atom. The van der Waals surface area contributed by atoms with Gasteiger partial charge in [0.2, 0.25) is 0 Å². The van der Waals surface area contributed by atoms with E-state index in [4.69, 9.17) is 9.84 Å². The first-order valence-electron chi connectivity index (χ1n) is 6.00. The van der Waals surface area contributed by atoms with Crippen molar-refractivity contribution in [3.05, 3.63) is 22.8 Å². The number of ether oxygens (including phenoxy) is 1. The number of benzene rings is 1. The Morgan fingerprint density at radius 1 is 1.39 bits per heavy atom. The van der Waals surface area contributed by atoms with E-state index in [9.17, 15) is 4.79 Å². The van der Waals surface area contributed by atoms with E-state index in [0.29, 0.717) is 6.54 Å². The predicted octanol–water partition coefficient (Wildman–Crippen LogP) is 2.75. The molecule has 2 N–H and O–H groups in total. The van der Waals surface area contributed by atoms with Gasteiger partial charge in [0.1, 0.15) is 5.75 Å². The minimum atomic E-state index is -0.790. The summed E-state index contributed by atoms with van der Waals surface area (Å²) >= 11 is 0. The quantitative estimate of drug-likeness (QED) is 0.844. The molecule has 18 heavy (non-hydrogen) atoms. The number of carbonyl (C=O) groups is 1. The van der Waals surface area contributed by atoms with E-state index in [-0.39, 0.29) is 0 Å². The summed E-state index contributed by atoms with van der Waals surface area (Å²) in [4.78, 5) is 10.8. The fourth-order valence-electron chi connectivity index (χ4n) is 1.91. The molecule has 100 valence electrons. The van der Waals surface area contributed by atoms with Gasteiger partial charge in [0.25, 0.3) is 0 Å². The maximum Gasteiger partial charge on any atom is 0.308 e. The Labute approximate surface area is 108 Å². The maximum absolute atomic E-state index is 10.8. The molecule has 0 radical (unpaired) electrons. The van der Waals surface area contributed by atoms with Crippen LogP contribution >= 0.6 is 0 Å². The molecule has 0 saturated heterocycles. The topological polar surface area (TPSA) is 58.6 Å². The highest BCUT2D eigenvalue weighted by molar-refractivity contribution is 5.70. The van der Waals surface area contributed by atoms with E-state index in [2.05, 4.69) is 5.32 Å². The molecule has 1 rings (SSSR count). The summed E-state index contributed by atoms with van der Waals surface area (Å²) in [6.07, 6.45) is 0. The fourth-order valence-corrected chi connectivity index (χ4v) is 1.91. The molecule has 0 aliphatic rings. The summed E-state index contributed by atoms with van der Waals surface area (Å²) in [5.41, 5.74) is 4.20. The van der Waals surface area contributed by atoms with Crippen molar-refractivity contribution >= 4 is 11.7 Å². The lowest BCUT2D eigenvalue weighted by Gasteiger charge is -2.17. The highest BCUT2D eigenvalue weighted by Crippen LogP contribution is 2.31. The summed E-state index contributed by atoms with van der Waals surface area (Å²) in [6, 6.07) is 2.00. The van der Waals surface area contributed by atoms with Gasteiger partial charge < -0.3 is 15.2 Å². The summed E-state index contributed by atoms with van der Waals surface area (Å²) in [5, 5.41) is 12.1. The van der Waals surface area contributed by atoms with Crippen molar-refractivity contribution < 1.29 is 14.6 Å². The molecule has 0 heterocycles.